The van der Waals surface area contributed by atoms with E-state index in [2.05, 4.69) is 0 Å². The Kier molecular flexibility index (Phi) is 4.60. The molecule has 120 valence electrons. The predicted molar refractivity (Wildman–Crippen MR) is 81.9 cm³/mol. The molecule has 0 spiro atoms. The number of benzene rings is 1. The van der Waals surface area contributed by atoms with Crippen molar-refractivity contribution in [2.24, 2.45) is 0 Å². The topological polar surface area (TPSA) is 49.9 Å². The minimum Gasteiger partial charge on any atom is -0.486 e. The monoisotopic (exact) mass is 328 g/mol. The van der Waals surface area contributed by atoms with Gasteiger partial charge in [0.1, 0.15) is 6.54 Å². The maximum atomic E-state index is 14.6. The lowest BCUT2D eigenvalue weighted by Crippen LogP contribution is -2.37. The van der Waals surface area contributed by atoms with Gasteiger partial charge in [0.2, 0.25) is 0 Å². The SMILES string of the molecule is CC(C)Oc1c(Cl)ccc(N2C(=O)CN(C(C)C)C2=O)c1F. The Labute approximate surface area is 133 Å². The summed E-state index contributed by atoms with van der Waals surface area (Å²) in [7, 11) is 0. The first-order valence-electron chi connectivity index (χ1n) is 7.02. The van der Waals surface area contributed by atoms with Crippen molar-refractivity contribution in [1.29, 1.82) is 0 Å². The third-order valence-corrected chi connectivity index (χ3v) is 3.54. The van der Waals surface area contributed by atoms with Crippen LogP contribution < -0.4 is 9.64 Å². The van der Waals surface area contributed by atoms with Crippen LogP contribution in [0.3, 0.4) is 0 Å². The molecule has 0 bridgehead atoms. The highest BCUT2D eigenvalue weighted by Crippen LogP contribution is 2.36. The van der Waals surface area contributed by atoms with Gasteiger partial charge in [-0.15, -0.1) is 0 Å². The summed E-state index contributed by atoms with van der Waals surface area (Å²) >= 11 is 5.94. The van der Waals surface area contributed by atoms with Gasteiger partial charge in [-0.3, -0.25) is 4.79 Å². The van der Waals surface area contributed by atoms with E-state index < -0.39 is 17.8 Å². The number of carbonyl (C=O) groups excluding carboxylic acids is 2. The van der Waals surface area contributed by atoms with E-state index in [0.717, 1.165) is 4.90 Å². The molecule has 0 aromatic heterocycles. The van der Waals surface area contributed by atoms with Crippen molar-refractivity contribution in [1.82, 2.24) is 4.90 Å². The van der Waals surface area contributed by atoms with E-state index in [9.17, 15) is 14.0 Å². The molecule has 1 aromatic carbocycles. The van der Waals surface area contributed by atoms with E-state index >= 15 is 0 Å². The fourth-order valence-corrected chi connectivity index (χ4v) is 2.39. The lowest BCUT2D eigenvalue weighted by molar-refractivity contribution is -0.116. The third-order valence-electron chi connectivity index (χ3n) is 3.24. The number of halogens is 2. The molecule has 7 heteroatoms. The molecule has 22 heavy (non-hydrogen) atoms. The quantitative estimate of drug-likeness (QED) is 0.795. The molecule has 1 heterocycles. The van der Waals surface area contributed by atoms with Gasteiger partial charge in [-0.1, -0.05) is 11.6 Å². The van der Waals surface area contributed by atoms with Gasteiger partial charge in [0.05, 0.1) is 16.8 Å². The van der Waals surface area contributed by atoms with Gasteiger partial charge in [-0.2, -0.15) is 0 Å². The summed E-state index contributed by atoms with van der Waals surface area (Å²) in [4.78, 5) is 26.6. The second kappa shape index (κ2) is 6.12. The molecule has 5 nitrogen and oxygen atoms in total. The lowest BCUT2D eigenvalue weighted by Gasteiger charge is -2.21. The molecule has 0 radical (unpaired) electrons. The molecule has 0 atom stereocenters. The molecule has 0 N–H and O–H groups in total. The average Bonchev–Trinajstić information content (AvgIpc) is 2.71. The van der Waals surface area contributed by atoms with Gasteiger partial charge in [0.25, 0.3) is 5.91 Å². The number of hydrogen-bond acceptors (Lipinski definition) is 3. The molecule has 0 unspecified atom stereocenters. The zero-order chi connectivity index (χ0) is 16.6. The summed E-state index contributed by atoms with van der Waals surface area (Å²) in [5.74, 6) is -1.44. The number of hydrogen-bond donors (Lipinski definition) is 0. The number of amides is 3. The number of ether oxygens (including phenoxy) is 1. The molecule has 1 aliphatic heterocycles. The number of carbonyl (C=O) groups is 2. The fraction of sp³-hybridized carbons (Fsp3) is 0.467. The van der Waals surface area contributed by atoms with Crippen LogP contribution in [-0.2, 0) is 4.79 Å². The van der Waals surface area contributed by atoms with E-state index in [4.69, 9.17) is 16.3 Å². The van der Waals surface area contributed by atoms with Crippen LogP contribution in [0.1, 0.15) is 27.7 Å². The number of rotatable bonds is 4. The van der Waals surface area contributed by atoms with Crippen LogP contribution in [0, 0.1) is 5.82 Å². The van der Waals surface area contributed by atoms with Crippen molar-refractivity contribution < 1.29 is 18.7 Å². The van der Waals surface area contributed by atoms with Crippen molar-refractivity contribution in [3.05, 3.63) is 23.0 Å². The van der Waals surface area contributed by atoms with Crippen LogP contribution in [0.2, 0.25) is 5.02 Å². The Bertz CT molecular complexity index is 619. The van der Waals surface area contributed by atoms with Crippen molar-refractivity contribution in [2.75, 3.05) is 11.4 Å². The second-order valence-corrected chi connectivity index (χ2v) is 6.02. The smallest absolute Gasteiger partial charge is 0.332 e. The Morgan fingerprint density at radius 1 is 1.23 bits per heavy atom. The van der Waals surface area contributed by atoms with Gasteiger partial charge < -0.3 is 9.64 Å². The summed E-state index contributed by atoms with van der Waals surface area (Å²) in [5, 5.41) is 0.0924. The first-order valence-corrected chi connectivity index (χ1v) is 7.40. The minimum atomic E-state index is -0.812. The van der Waals surface area contributed by atoms with Gasteiger partial charge in [-0.25, -0.2) is 14.1 Å². The van der Waals surface area contributed by atoms with Crippen LogP contribution in [0.15, 0.2) is 12.1 Å². The van der Waals surface area contributed by atoms with E-state index in [0.29, 0.717) is 0 Å². The summed E-state index contributed by atoms with van der Waals surface area (Å²) in [6, 6.07) is 2.03. The molecule has 1 aliphatic rings. The van der Waals surface area contributed by atoms with E-state index in [1.165, 1.54) is 17.0 Å². The van der Waals surface area contributed by atoms with E-state index in [1.54, 1.807) is 27.7 Å². The normalized spacial score (nSPS) is 15.5. The zero-order valence-electron chi connectivity index (χ0n) is 12.9. The third kappa shape index (κ3) is 2.88. The maximum Gasteiger partial charge on any atom is 0.332 e. The van der Waals surface area contributed by atoms with Crippen molar-refractivity contribution in [3.63, 3.8) is 0 Å². The highest BCUT2D eigenvalue weighted by Gasteiger charge is 2.40. The van der Waals surface area contributed by atoms with Crippen molar-refractivity contribution in [3.8, 4) is 5.75 Å². The van der Waals surface area contributed by atoms with Crippen LogP contribution in [0.4, 0.5) is 14.9 Å². The summed E-state index contributed by atoms with van der Waals surface area (Å²) < 4.78 is 20.0. The molecule has 1 fully saturated rings. The van der Waals surface area contributed by atoms with Gasteiger partial charge >= 0.3 is 6.03 Å². The van der Waals surface area contributed by atoms with E-state index in [-0.39, 0.29) is 35.2 Å². The molecular formula is C15H18ClFN2O3. The number of anilines is 1. The summed E-state index contributed by atoms with van der Waals surface area (Å²) in [6.07, 6.45) is -0.292. The predicted octanol–water partition coefficient (Wildman–Crippen LogP) is 3.44. The Morgan fingerprint density at radius 3 is 2.36 bits per heavy atom. The van der Waals surface area contributed by atoms with Gasteiger partial charge in [0, 0.05) is 6.04 Å². The first-order chi connectivity index (χ1) is 10.2. The summed E-state index contributed by atoms with van der Waals surface area (Å²) in [6.45, 7) is 6.98. The zero-order valence-corrected chi connectivity index (χ0v) is 13.6. The Hall–Kier alpha value is -1.82. The molecule has 2 rings (SSSR count). The average molecular weight is 329 g/mol. The van der Waals surface area contributed by atoms with Crippen LogP contribution in [-0.4, -0.2) is 35.5 Å². The fourth-order valence-electron chi connectivity index (χ4n) is 2.20. The largest absolute Gasteiger partial charge is 0.486 e. The van der Waals surface area contributed by atoms with Gasteiger partial charge in [0.15, 0.2) is 11.6 Å². The molecule has 3 amide bonds. The number of urea groups is 1. The van der Waals surface area contributed by atoms with Crippen LogP contribution in [0.25, 0.3) is 0 Å². The van der Waals surface area contributed by atoms with Crippen LogP contribution in [0.5, 0.6) is 5.75 Å². The standard InChI is InChI=1S/C15H18ClFN2O3/c1-8(2)18-7-12(20)19(15(18)21)11-6-5-10(16)14(13(11)17)22-9(3)4/h5-6,8-9H,7H2,1-4H3. The summed E-state index contributed by atoms with van der Waals surface area (Å²) in [5.41, 5.74) is -0.141. The highest BCUT2D eigenvalue weighted by atomic mass is 35.5. The lowest BCUT2D eigenvalue weighted by atomic mass is 10.2. The molecule has 1 saturated heterocycles. The van der Waals surface area contributed by atoms with E-state index in [1.807, 2.05) is 0 Å². The molecule has 0 saturated carbocycles. The molecular weight excluding hydrogens is 311 g/mol. The van der Waals surface area contributed by atoms with Crippen molar-refractivity contribution in [2.45, 2.75) is 39.8 Å². The van der Waals surface area contributed by atoms with Crippen LogP contribution >= 0.6 is 11.6 Å². The second-order valence-electron chi connectivity index (χ2n) is 5.61. The molecule has 0 aliphatic carbocycles. The molecule has 1 aromatic rings. The maximum absolute atomic E-state index is 14.6. The Morgan fingerprint density at radius 2 is 1.86 bits per heavy atom. The van der Waals surface area contributed by atoms with Gasteiger partial charge in [-0.05, 0) is 39.8 Å². The highest BCUT2D eigenvalue weighted by molar-refractivity contribution is 6.32. The Balaban J connectivity index is 2.45. The van der Waals surface area contributed by atoms with Crippen molar-refractivity contribution >= 4 is 29.2 Å². The minimum absolute atomic E-state index is 0.0705. The first kappa shape index (κ1) is 16.5. The number of imide groups is 1. The number of nitrogens with zero attached hydrogens (tertiary/aromatic N) is 2.